The van der Waals surface area contributed by atoms with E-state index >= 15 is 0 Å². The molecule has 6 rings (SSSR count). The van der Waals surface area contributed by atoms with Crippen molar-refractivity contribution in [2.45, 2.75) is 33.1 Å². The number of amidine groups is 1. The second-order valence-corrected chi connectivity index (χ2v) is 11.5. The van der Waals surface area contributed by atoms with Crippen LogP contribution in [0.2, 0.25) is 0 Å². The Hall–Kier alpha value is -4.05. The number of nitrogens with zero attached hydrogens (tertiary/aromatic N) is 7. The molecule has 0 N–H and O–H groups in total. The summed E-state index contributed by atoms with van der Waals surface area (Å²) in [6.07, 6.45) is 4.08. The molecule has 0 radical (unpaired) electrons. The van der Waals surface area contributed by atoms with Crippen molar-refractivity contribution in [3.05, 3.63) is 58.9 Å². The van der Waals surface area contributed by atoms with Gasteiger partial charge in [0.2, 0.25) is 5.88 Å². The summed E-state index contributed by atoms with van der Waals surface area (Å²) in [4.78, 5) is 42.7. The zero-order valence-electron chi connectivity index (χ0n) is 24.3. The molecule has 0 saturated carbocycles. The minimum atomic E-state index is -0.313. The number of benzene rings is 1. The monoisotopic (exact) mass is 555 g/mol. The number of hydrogen-bond donors (Lipinski definition) is 0. The molecular weight excluding hydrogens is 518 g/mol. The molecule has 2 bridgehead atoms. The van der Waals surface area contributed by atoms with Crippen LogP contribution in [0.25, 0.3) is 11.3 Å². The van der Waals surface area contributed by atoms with Gasteiger partial charge in [0.05, 0.1) is 24.1 Å². The van der Waals surface area contributed by atoms with E-state index in [0.29, 0.717) is 54.0 Å². The van der Waals surface area contributed by atoms with E-state index in [4.69, 9.17) is 4.74 Å². The van der Waals surface area contributed by atoms with Gasteiger partial charge >= 0.3 is 0 Å². The molecule has 3 aliphatic rings. The third-order valence-corrected chi connectivity index (χ3v) is 8.24. The third kappa shape index (κ3) is 5.48. The Bertz CT molecular complexity index is 1520. The van der Waals surface area contributed by atoms with E-state index in [2.05, 4.69) is 38.8 Å². The fourth-order valence-corrected chi connectivity index (χ4v) is 5.89. The van der Waals surface area contributed by atoms with Gasteiger partial charge in [0.1, 0.15) is 5.84 Å². The van der Waals surface area contributed by atoms with Crippen LogP contribution in [-0.2, 0) is 13.5 Å². The Kier molecular flexibility index (Phi) is 7.33. The number of carbonyl (C=O) groups excluding carboxylic acids is 2. The summed E-state index contributed by atoms with van der Waals surface area (Å²) >= 11 is 0. The summed E-state index contributed by atoms with van der Waals surface area (Å²) in [6, 6.07) is 9.47. The molecule has 0 unspecified atom stereocenters. The highest BCUT2D eigenvalue weighted by Crippen LogP contribution is 2.34. The second kappa shape index (κ2) is 11.1. The lowest BCUT2D eigenvalue weighted by Gasteiger charge is -2.32. The van der Waals surface area contributed by atoms with E-state index in [1.54, 1.807) is 23.0 Å². The fraction of sp³-hybridized carbons (Fsp3) is 0.452. The molecule has 1 atom stereocenters. The Morgan fingerprint density at radius 3 is 2.68 bits per heavy atom. The lowest BCUT2D eigenvalue weighted by atomic mass is 10.0. The van der Waals surface area contributed by atoms with Crippen LogP contribution in [-0.4, -0.2) is 88.6 Å². The van der Waals surface area contributed by atoms with Gasteiger partial charge in [0, 0.05) is 68.7 Å². The van der Waals surface area contributed by atoms with Gasteiger partial charge in [0.15, 0.2) is 0 Å². The third-order valence-electron chi connectivity index (χ3n) is 8.24. The number of pyridine rings is 1. The number of aromatic nitrogens is 3. The standard InChI is InChI=1S/C31H37N7O3/c1-20-6-5-13-41-31-25(18-32-36(31)4)26-15-24(14-21(2)33-26)29(39)34-28-17-22-7-8-23(16-27(22)38(28)19-20)30(40)37-11-9-35(3)10-12-37/h7-8,14-16,18,20H,5-6,9-13,17,19H2,1-4H3/t20-/m1/s1. The molecule has 0 spiro atoms. The van der Waals surface area contributed by atoms with Crippen LogP contribution < -0.4 is 9.64 Å². The van der Waals surface area contributed by atoms with E-state index in [0.717, 1.165) is 61.5 Å². The van der Waals surface area contributed by atoms with Crippen molar-refractivity contribution >= 4 is 23.3 Å². The number of anilines is 1. The predicted molar refractivity (Wildman–Crippen MR) is 158 cm³/mol. The summed E-state index contributed by atoms with van der Waals surface area (Å²) in [5.41, 5.74) is 5.31. The minimum absolute atomic E-state index is 0.0553. The molecule has 1 saturated heterocycles. The van der Waals surface area contributed by atoms with Crippen LogP contribution in [0.15, 0.2) is 41.5 Å². The minimum Gasteiger partial charge on any atom is -0.477 e. The molecule has 41 heavy (non-hydrogen) atoms. The van der Waals surface area contributed by atoms with Crippen LogP contribution in [0.3, 0.4) is 0 Å². The van der Waals surface area contributed by atoms with Crippen molar-refractivity contribution in [3.63, 3.8) is 0 Å². The smallest absolute Gasteiger partial charge is 0.278 e. The lowest BCUT2D eigenvalue weighted by Crippen LogP contribution is -2.47. The van der Waals surface area contributed by atoms with Crippen molar-refractivity contribution in [2.75, 3.05) is 51.3 Å². The SMILES string of the molecule is Cc1cc2cc(n1)-c1cnn(C)c1OCCC[C@@H](C)CN1C(=NC2=O)Cc2ccc(C(=O)N3CCN(C)CC3)cc21. The van der Waals surface area contributed by atoms with Crippen molar-refractivity contribution in [1.82, 2.24) is 24.6 Å². The maximum Gasteiger partial charge on any atom is 0.278 e. The summed E-state index contributed by atoms with van der Waals surface area (Å²) in [5, 5.41) is 4.38. The number of piperazine rings is 1. The summed E-state index contributed by atoms with van der Waals surface area (Å²) in [6.45, 7) is 8.53. The van der Waals surface area contributed by atoms with Crippen LogP contribution in [0.4, 0.5) is 5.69 Å². The number of rotatable bonds is 1. The number of ether oxygens (including phenoxy) is 1. The van der Waals surface area contributed by atoms with Crippen LogP contribution in [0.1, 0.15) is 51.7 Å². The van der Waals surface area contributed by atoms with Gasteiger partial charge in [-0.1, -0.05) is 13.0 Å². The number of likely N-dealkylation sites (N-methyl/N-ethyl adjacent to an activating group) is 1. The largest absolute Gasteiger partial charge is 0.477 e. The number of carbonyl (C=O) groups is 2. The molecule has 2 aromatic heterocycles. The van der Waals surface area contributed by atoms with Crippen LogP contribution >= 0.6 is 0 Å². The molecule has 5 heterocycles. The molecule has 1 fully saturated rings. The van der Waals surface area contributed by atoms with Gasteiger partial charge in [-0.2, -0.15) is 10.1 Å². The molecule has 214 valence electrons. The highest BCUT2D eigenvalue weighted by molar-refractivity contribution is 6.13. The first-order chi connectivity index (χ1) is 19.8. The van der Waals surface area contributed by atoms with Gasteiger partial charge in [0.25, 0.3) is 11.8 Å². The van der Waals surface area contributed by atoms with Gasteiger partial charge in [-0.25, -0.2) is 4.68 Å². The van der Waals surface area contributed by atoms with Gasteiger partial charge in [-0.3, -0.25) is 14.6 Å². The van der Waals surface area contributed by atoms with Gasteiger partial charge in [-0.15, -0.1) is 0 Å². The molecule has 10 nitrogen and oxygen atoms in total. The van der Waals surface area contributed by atoms with Gasteiger partial charge < -0.3 is 19.4 Å². The highest BCUT2D eigenvalue weighted by Gasteiger charge is 2.30. The maximum absolute atomic E-state index is 13.6. The first-order valence-electron chi connectivity index (χ1n) is 14.4. The number of aliphatic imine (C=N–C) groups is 1. The average Bonchev–Trinajstić information content (AvgIpc) is 3.49. The highest BCUT2D eigenvalue weighted by atomic mass is 16.5. The van der Waals surface area contributed by atoms with Crippen molar-refractivity contribution in [1.29, 1.82) is 0 Å². The van der Waals surface area contributed by atoms with E-state index in [-0.39, 0.29) is 11.8 Å². The van der Waals surface area contributed by atoms with Crippen molar-refractivity contribution in [2.24, 2.45) is 18.0 Å². The Balaban J connectivity index is 1.36. The number of fused-ring (bicyclic) bond motifs is 7. The molecule has 0 aliphatic carbocycles. The molecule has 3 aromatic rings. The Labute approximate surface area is 240 Å². The summed E-state index contributed by atoms with van der Waals surface area (Å²) in [7, 11) is 3.93. The zero-order valence-corrected chi connectivity index (χ0v) is 24.3. The Morgan fingerprint density at radius 2 is 1.88 bits per heavy atom. The molecule has 10 heteroatoms. The molecule has 1 aromatic carbocycles. The van der Waals surface area contributed by atoms with E-state index in [9.17, 15) is 9.59 Å². The quantitative estimate of drug-likeness (QED) is 0.453. The molecule has 2 amide bonds. The fourth-order valence-electron chi connectivity index (χ4n) is 5.89. The normalized spacial score (nSPS) is 19.9. The van der Waals surface area contributed by atoms with E-state index in [1.807, 2.05) is 37.1 Å². The molecular formula is C31H37N7O3. The van der Waals surface area contributed by atoms with Crippen molar-refractivity contribution in [3.8, 4) is 17.1 Å². The second-order valence-electron chi connectivity index (χ2n) is 11.5. The maximum atomic E-state index is 13.6. The van der Waals surface area contributed by atoms with Crippen LogP contribution in [0, 0.1) is 12.8 Å². The first-order valence-corrected chi connectivity index (χ1v) is 14.4. The number of aryl methyl sites for hydroxylation is 2. The average molecular weight is 556 g/mol. The first kappa shape index (κ1) is 27.1. The van der Waals surface area contributed by atoms with Gasteiger partial charge in [-0.05, 0) is 62.6 Å². The lowest BCUT2D eigenvalue weighted by molar-refractivity contribution is 0.0664. The van der Waals surface area contributed by atoms with E-state index < -0.39 is 0 Å². The number of amides is 2. The van der Waals surface area contributed by atoms with Crippen molar-refractivity contribution < 1.29 is 14.3 Å². The Morgan fingerprint density at radius 1 is 1.07 bits per heavy atom. The predicted octanol–water partition coefficient (Wildman–Crippen LogP) is 3.59. The topological polar surface area (TPSA) is 96.2 Å². The number of hydrogen-bond acceptors (Lipinski definition) is 7. The summed E-state index contributed by atoms with van der Waals surface area (Å²) in [5.74, 6) is 1.41. The van der Waals surface area contributed by atoms with Crippen LogP contribution in [0.5, 0.6) is 5.88 Å². The summed E-state index contributed by atoms with van der Waals surface area (Å²) < 4.78 is 7.89. The molecule has 3 aliphatic heterocycles. The zero-order chi connectivity index (χ0) is 28.7. The van der Waals surface area contributed by atoms with E-state index in [1.165, 1.54) is 0 Å².